The predicted octanol–water partition coefficient (Wildman–Crippen LogP) is 2.32. The van der Waals surface area contributed by atoms with Gasteiger partial charge in [0.2, 0.25) is 0 Å². The molecule has 0 bridgehead atoms. The fraction of sp³-hybridized carbons (Fsp3) is 0.500. The summed E-state index contributed by atoms with van der Waals surface area (Å²) in [6.45, 7) is 7.61. The van der Waals surface area contributed by atoms with Gasteiger partial charge in [-0.2, -0.15) is 0 Å². The Morgan fingerprint density at radius 3 is 2.46 bits per heavy atom. The van der Waals surface area contributed by atoms with Gasteiger partial charge in [-0.3, -0.25) is 9.80 Å². The maximum absolute atomic E-state index is 9.48. The summed E-state index contributed by atoms with van der Waals surface area (Å²) in [6, 6.07) is 8.04. The van der Waals surface area contributed by atoms with Crippen molar-refractivity contribution in [3.63, 3.8) is 0 Å². The minimum atomic E-state index is -0.248. The highest BCUT2D eigenvalue weighted by Gasteiger charge is 2.18. The smallest absolute Gasteiger partial charge is 0.123 e. The highest BCUT2D eigenvalue weighted by Crippen LogP contribution is 2.26. The molecule has 0 aliphatic carbocycles. The number of piperazine rings is 1. The summed E-state index contributed by atoms with van der Waals surface area (Å²) in [6.07, 6.45) is -0.248. The molecule has 6 heteroatoms. The third kappa shape index (κ3) is 4.54. The molecule has 1 aliphatic rings. The molecule has 0 radical (unpaired) electrons. The largest absolute Gasteiger partial charge is 0.497 e. The Hall–Kier alpha value is -1.47. The van der Waals surface area contributed by atoms with Gasteiger partial charge in [-0.15, -0.1) is 11.3 Å². The fourth-order valence-corrected chi connectivity index (χ4v) is 3.80. The Morgan fingerprint density at radius 2 is 1.83 bits per heavy atom. The molecule has 2 aromatic rings. The van der Waals surface area contributed by atoms with Crippen molar-refractivity contribution in [2.45, 2.75) is 19.6 Å². The number of ether oxygens (including phenoxy) is 1. The lowest BCUT2D eigenvalue weighted by Gasteiger charge is -2.34. The van der Waals surface area contributed by atoms with Gasteiger partial charge in [-0.1, -0.05) is 0 Å². The van der Waals surface area contributed by atoms with Gasteiger partial charge < -0.3 is 9.84 Å². The van der Waals surface area contributed by atoms with E-state index in [1.165, 1.54) is 0 Å². The number of β-amino-alcohol motifs (C(OH)–C–C–N with tert-alkyl or cyclic N) is 1. The van der Waals surface area contributed by atoms with Crippen molar-refractivity contribution < 1.29 is 9.84 Å². The lowest BCUT2D eigenvalue weighted by molar-refractivity contribution is 0.0777. The Morgan fingerprint density at radius 1 is 1.17 bits per heavy atom. The van der Waals surface area contributed by atoms with Crippen LogP contribution in [0.25, 0.3) is 10.6 Å². The summed E-state index contributed by atoms with van der Waals surface area (Å²) < 4.78 is 5.20. The van der Waals surface area contributed by atoms with Gasteiger partial charge in [0.05, 0.1) is 18.9 Å². The van der Waals surface area contributed by atoms with E-state index in [4.69, 9.17) is 9.72 Å². The van der Waals surface area contributed by atoms with Crippen LogP contribution in [0.5, 0.6) is 5.75 Å². The predicted molar refractivity (Wildman–Crippen MR) is 97.5 cm³/mol. The van der Waals surface area contributed by atoms with Gasteiger partial charge in [0.1, 0.15) is 10.8 Å². The first-order chi connectivity index (χ1) is 11.6. The van der Waals surface area contributed by atoms with Gasteiger partial charge in [0, 0.05) is 50.2 Å². The lowest BCUT2D eigenvalue weighted by Crippen LogP contribution is -2.47. The number of rotatable bonds is 6. The van der Waals surface area contributed by atoms with Crippen LogP contribution in [0.15, 0.2) is 29.6 Å². The summed E-state index contributed by atoms with van der Waals surface area (Å²) in [5, 5.41) is 12.7. The van der Waals surface area contributed by atoms with Crippen LogP contribution < -0.4 is 4.74 Å². The van der Waals surface area contributed by atoms with Crippen molar-refractivity contribution in [3.05, 3.63) is 35.3 Å². The molecule has 1 N–H and O–H groups in total. The summed E-state index contributed by atoms with van der Waals surface area (Å²) in [7, 11) is 1.68. The van der Waals surface area contributed by atoms with Crippen LogP contribution in [0.3, 0.4) is 0 Å². The maximum atomic E-state index is 9.48. The molecule has 1 fully saturated rings. The van der Waals surface area contributed by atoms with Crippen LogP contribution in [-0.4, -0.2) is 65.8 Å². The van der Waals surface area contributed by atoms with E-state index < -0.39 is 0 Å². The second-order valence-corrected chi connectivity index (χ2v) is 7.16. The van der Waals surface area contributed by atoms with Crippen molar-refractivity contribution in [1.82, 2.24) is 14.8 Å². The Kier molecular flexibility index (Phi) is 5.84. The van der Waals surface area contributed by atoms with Crippen LogP contribution >= 0.6 is 11.3 Å². The zero-order valence-corrected chi connectivity index (χ0v) is 15.1. The SMILES string of the molecule is COc1ccc(-c2nc(CN3CCN(C[C@@H](C)O)CC3)cs2)cc1. The van der Waals surface area contributed by atoms with E-state index in [9.17, 15) is 5.11 Å². The molecule has 1 saturated heterocycles. The molecule has 5 nitrogen and oxygen atoms in total. The highest BCUT2D eigenvalue weighted by molar-refractivity contribution is 7.13. The fourth-order valence-electron chi connectivity index (χ4n) is 2.98. The molecule has 0 unspecified atom stereocenters. The first-order valence-corrected chi connectivity index (χ1v) is 9.23. The lowest BCUT2D eigenvalue weighted by atomic mass is 10.2. The number of methoxy groups -OCH3 is 1. The molecule has 1 aromatic heterocycles. The number of benzene rings is 1. The molecule has 0 spiro atoms. The van der Waals surface area contributed by atoms with Crippen LogP contribution in [0.4, 0.5) is 0 Å². The van der Waals surface area contributed by atoms with Gasteiger partial charge in [-0.05, 0) is 31.2 Å². The molecule has 0 saturated carbocycles. The molecular weight excluding hydrogens is 322 g/mol. The Balaban J connectivity index is 1.54. The number of aliphatic hydroxyl groups is 1. The molecular formula is C18H25N3O2S. The summed E-state index contributed by atoms with van der Waals surface area (Å²) >= 11 is 1.69. The van der Waals surface area contributed by atoms with E-state index in [-0.39, 0.29) is 6.10 Å². The molecule has 1 aromatic carbocycles. The van der Waals surface area contributed by atoms with Gasteiger partial charge in [0.15, 0.2) is 0 Å². The highest BCUT2D eigenvalue weighted by atomic mass is 32.1. The average molecular weight is 347 g/mol. The van der Waals surface area contributed by atoms with Crippen molar-refractivity contribution in [2.75, 3.05) is 39.8 Å². The molecule has 0 amide bonds. The number of aromatic nitrogens is 1. The monoisotopic (exact) mass is 347 g/mol. The summed E-state index contributed by atoms with van der Waals surface area (Å²) in [5.41, 5.74) is 2.27. The van der Waals surface area contributed by atoms with E-state index in [0.29, 0.717) is 0 Å². The van der Waals surface area contributed by atoms with Crippen molar-refractivity contribution in [1.29, 1.82) is 0 Å². The summed E-state index contributed by atoms with van der Waals surface area (Å²) in [4.78, 5) is 9.54. The standard InChI is InChI=1S/C18H25N3O2S/c1-14(22)11-20-7-9-21(10-8-20)12-16-13-24-18(19-16)15-3-5-17(23-2)6-4-15/h3-6,13-14,22H,7-12H2,1-2H3/t14-/m1/s1. The van der Waals surface area contributed by atoms with Crippen molar-refractivity contribution in [3.8, 4) is 16.3 Å². The van der Waals surface area contributed by atoms with Crippen LogP contribution in [-0.2, 0) is 6.54 Å². The van der Waals surface area contributed by atoms with E-state index in [0.717, 1.165) is 61.3 Å². The van der Waals surface area contributed by atoms with Crippen molar-refractivity contribution >= 4 is 11.3 Å². The molecule has 130 valence electrons. The number of thiazole rings is 1. The van der Waals surface area contributed by atoms with Gasteiger partial charge >= 0.3 is 0 Å². The van der Waals surface area contributed by atoms with E-state index in [2.05, 4.69) is 27.3 Å². The first kappa shape index (κ1) is 17.4. The van der Waals surface area contributed by atoms with Gasteiger partial charge in [-0.25, -0.2) is 4.98 Å². The molecule has 2 heterocycles. The third-order valence-electron chi connectivity index (χ3n) is 4.26. The normalized spacial score (nSPS) is 17.8. The van der Waals surface area contributed by atoms with E-state index >= 15 is 0 Å². The van der Waals surface area contributed by atoms with E-state index in [1.54, 1.807) is 18.4 Å². The minimum absolute atomic E-state index is 0.248. The van der Waals surface area contributed by atoms with Crippen LogP contribution in [0.1, 0.15) is 12.6 Å². The van der Waals surface area contributed by atoms with E-state index in [1.807, 2.05) is 19.1 Å². The van der Waals surface area contributed by atoms with Crippen LogP contribution in [0, 0.1) is 0 Å². The quantitative estimate of drug-likeness (QED) is 0.869. The Bertz CT molecular complexity index is 634. The number of hydrogen-bond donors (Lipinski definition) is 1. The second kappa shape index (κ2) is 8.07. The first-order valence-electron chi connectivity index (χ1n) is 8.35. The molecule has 1 atom stereocenters. The Labute approximate surface area is 147 Å². The zero-order chi connectivity index (χ0) is 16.9. The number of aliphatic hydroxyl groups excluding tert-OH is 1. The minimum Gasteiger partial charge on any atom is -0.497 e. The van der Waals surface area contributed by atoms with Crippen molar-refractivity contribution in [2.24, 2.45) is 0 Å². The molecule has 3 rings (SSSR count). The second-order valence-electron chi connectivity index (χ2n) is 6.30. The van der Waals surface area contributed by atoms with Gasteiger partial charge in [0.25, 0.3) is 0 Å². The zero-order valence-electron chi connectivity index (χ0n) is 14.3. The van der Waals surface area contributed by atoms with Crippen LogP contribution in [0.2, 0.25) is 0 Å². The molecule has 1 aliphatic heterocycles. The summed E-state index contributed by atoms with van der Waals surface area (Å²) in [5.74, 6) is 0.866. The topological polar surface area (TPSA) is 48.8 Å². The number of hydrogen-bond acceptors (Lipinski definition) is 6. The average Bonchev–Trinajstić information content (AvgIpc) is 3.05. The third-order valence-corrected chi connectivity index (χ3v) is 5.20. The maximum Gasteiger partial charge on any atom is 0.123 e. The number of nitrogens with zero attached hydrogens (tertiary/aromatic N) is 3. The molecule has 24 heavy (non-hydrogen) atoms.